The molecule has 1 N–H and O–H groups in total. The van der Waals surface area contributed by atoms with E-state index in [1.54, 1.807) is 16.3 Å². The van der Waals surface area contributed by atoms with Crippen molar-refractivity contribution in [3.05, 3.63) is 58.0 Å². The third-order valence-corrected chi connectivity index (χ3v) is 4.33. The van der Waals surface area contributed by atoms with Gasteiger partial charge in [-0.05, 0) is 5.56 Å². The highest BCUT2D eigenvalue weighted by Crippen LogP contribution is 2.26. The Balaban J connectivity index is 1.99. The predicted molar refractivity (Wildman–Crippen MR) is 76.2 cm³/mol. The van der Waals surface area contributed by atoms with E-state index in [2.05, 4.69) is 10.1 Å². The molecule has 0 unspecified atom stereocenters. The Morgan fingerprint density at radius 1 is 1.21 bits per heavy atom. The van der Waals surface area contributed by atoms with Gasteiger partial charge in [0, 0.05) is 17.6 Å². The third-order valence-electron chi connectivity index (χ3n) is 3.36. The lowest BCUT2D eigenvalue weighted by Crippen LogP contribution is -2.19. The first-order valence-electron chi connectivity index (χ1n) is 6.09. The lowest BCUT2D eigenvalue weighted by Gasteiger charge is -1.98. The van der Waals surface area contributed by atoms with Crippen molar-refractivity contribution < 1.29 is 0 Å². The fourth-order valence-electron chi connectivity index (χ4n) is 2.38. The molecule has 0 bridgehead atoms. The van der Waals surface area contributed by atoms with Crippen molar-refractivity contribution in [3.8, 4) is 11.3 Å². The smallest absolute Gasteiger partial charge is 0.277 e. The summed E-state index contributed by atoms with van der Waals surface area (Å²) >= 11 is 1.74. The molecule has 0 aliphatic carbocycles. The molecule has 0 fully saturated rings. The van der Waals surface area contributed by atoms with Crippen LogP contribution in [-0.2, 0) is 11.5 Å². The van der Waals surface area contributed by atoms with E-state index in [1.807, 2.05) is 36.4 Å². The van der Waals surface area contributed by atoms with Crippen LogP contribution in [0.25, 0.3) is 16.9 Å². The second-order valence-corrected chi connectivity index (χ2v) is 5.55. The van der Waals surface area contributed by atoms with Crippen LogP contribution in [0.15, 0.2) is 41.2 Å². The van der Waals surface area contributed by atoms with Gasteiger partial charge in [0.25, 0.3) is 5.56 Å². The van der Waals surface area contributed by atoms with Crippen LogP contribution in [-0.4, -0.2) is 14.6 Å². The van der Waals surface area contributed by atoms with Gasteiger partial charge in [-0.25, -0.2) is 9.50 Å². The van der Waals surface area contributed by atoms with E-state index in [0.29, 0.717) is 5.65 Å². The number of aromatic nitrogens is 3. The van der Waals surface area contributed by atoms with Crippen LogP contribution in [0.3, 0.4) is 0 Å². The lowest BCUT2D eigenvalue weighted by atomic mass is 10.2. The largest absolute Gasteiger partial charge is 0.289 e. The van der Waals surface area contributed by atoms with E-state index in [0.717, 1.165) is 34.0 Å². The zero-order valence-electron chi connectivity index (χ0n) is 10.1. The summed E-state index contributed by atoms with van der Waals surface area (Å²) in [7, 11) is 0. The van der Waals surface area contributed by atoms with Crippen LogP contribution in [0.1, 0.15) is 11.3 Å². The number of rotatable bonds is 1. The first-order valence-corrected chi connectivity index (χ1v) is 7.25. The molecule has 1 aromatic carbocycles. The summed E-state index contributed by atoms with van der Waals surface area (Å²) in [6, 6.07) is 11.9. The van der Waals surface area contributed by atoms with E-state index >= 15 is 0 Å². The molecule has 4 rings (SSSR count). The molecule has 0 saturated heterocycles. The van der Waals surface area contributed by atoms with Crippen molar-refractivity contribution in [3.63, 3.8) is 0 Å². The van der Waals surface area contributed by atoms with Crippen molar-refractivity contribution in [1.29, 1.82) is 0 Å². The highest BCUT2D eigenvalue weighted by molar-refractivity contribution is 7.98. The number of H-pyrrole nitrogens is 1. The van der Waals surface area contributed by atoms with Gasteiger partial charge in [0.1, 0.15) is 0 Å². The third kappa shape index (κ3) is 1.62. The summed E-state index contributed by atoms with van der Waals surface area (Å²) in [6.45, 7) is 0. The number of thioether (sulfide) groups is 1. The summed E-state index contributed by atoms with van der Waals surface area (Å²) in [5.41, 5.74) is 4.48. The number of hydrogen-bond acceptors (Lipinski definition) is 3. The Hall–Kier alpha value is -2.01. The maximum Gasteiger partial charge on any atom is 0.277 e. The fourth-order valence-corrected chi connectivity index (χ4v) is 3.41. The highest BCUT2D eigenvalue weighted by Gasteiger charge is 2.19. The molecule has 0 spiro atoms. The zero-order valence-corrected chi connectivity index (χ0v) is 10.9. The summed E-state index contributed by atoms with van der Waals surface area (Å²) in [6.07, 6.45) is 0. The lowest BCUT2D eigenvalue weighted by molar-refractivity contribution is 0.877. The second-order valence-electron chi connectivity index (χ2n) is 4.56. The molecule has 1 aliphatic rings. The molecule has 19 heavy (non-hydrogen) atoms. The minimum absolute atomic E-state index is 0.0344. The minimum atomic E-state index is 0.0344. The Morgan fingerprint density at radius 3 is 2.89 bits per heavy atom. The first kappa shape index (κ1) is 10.9. The standard InChI is InChI=1S/C14H11N3OS/c18-14-10-7-19-8-12(10)15-13-6-11(16-17(13)14)9-4-2-1-3-5-9/h1-6,16H,7-8H2. The normalized spacial score (nSPS) is 13.9. The Kier molecular flexibility index (Phi) is 2.29. The first-order chi connectivity index (χ1) is 9.33. The van der Waals surface area contributed by atoms with Gasteiger partial charge in [-0.15, -0.1) is 0 Å². The molecule has 0 atom stereocenters. The van der Waals surface area contributed by atoms with E-state index in [1.165, 1.54) is 0 Å². The van der Waals surface area contributed by atoms with Crippen LogP contribution in [0.5, 0.6) is 0 Å². The summed E-state index contributed by atoms with van der Waals surface area (Å²) in [5, 5.41) is 3.14. The molecular formula is C14H11N3OS. The number of fused-ring (bicyclic) bond motifs is 2. The average molecular weight is 269 g/mol. The monoisotopic (exact) mass is 269 g/mol. The number of benzene rings is 1. The molecule has 3 heterocycles. The van der Waals surface area contributed by atoms with Crippen molar-refractivity contribution in [1.82, 2.24) is 14.6 Å². The molecule has 0 radical (unpaired) electrons. The maximum atomic E-state index is 12.3. The van der Waals surface area contributed by atoms with E-state index in [-0.39, 0.29) is 5.56 Å². The second kappa shape index (κ2) is 3.99. The van der Waals surface area contributed by atoms with E-state index in [4.69, 9.17) is 0 Å². The predicted octanol–water partition coefficient (Wildman–Crippen LogP) is 2.44. The molecule has 2 aromatic heterocycles. The van der Waals surface area contributed by atoms with Gasteiger partial charge in [0.15, 0.2) is 5.65 Å². The number of nitrogens with one attached hydrogen (secondary N) is 1. The molecular weight excluding hydrogens is 258 g/mol. The molecule has 0 amide bonds. The van der Waals surface area contributed by atoms with Crippen LogP contribution in [0.2, 0.25) is 0 Å². The van der Waals surface area contributed by atoms with Gasteiger partial charge in [-0.2, -0.15) is 11.8 Å². The van der Waals surface area contributed by atoms with Crippen LogP contribution in [0.4, 0.5) is 0 Å². The fraction of sp³-hybridized carbons (Fsp3) is 0.143. The topological polar surface area (TPSA) is 50.2 Å². The Labute approximate surface area is 113 Å². The van der Waals surface area contributed by atoms with Gasteiger partial charge in [0.05, 0.1) is 17.0 Å². The Morgan fingerprint density at radius 2 is 2.05 bits per heavy atom. The zero-order chi connectivity index (χ0) is 12.8. The summed E-state index contributed by atoms with van der Waals surface area (Å²) in [5.74, 6) is 1.61. The van der Waals surface area contributed by atoms with Gasteiger partial charge in [0.2, 0.25) is 0 Å². The molecule has 0 saturated carbocycles. The summed E-state index contributed by atoms with van der Waals surface area (Å²) in [4.78, 5) is 16.9. The number of nitrogens with zero attached hydrogens (tertiary/aromatic N) is 2. The quantitative estimate of drug-likeness (QED) is 0.738. The number of hydrogen-bond donors (Lipinski definition) is 1. The average Bonchev–Trinajstić information content (AvgIpc) is 3.06. The van der Waals surface area contributed by atoms with Crippen LogP contribution < -0.4 is 5.56 Å². The van der Waals surface area contributed by atoms with Gasteiger partial charge in [-0.1, -0.05) is 30.3 Å². The van der Waals surface area contributed by atoms with E-state index in [9.17, 15) is 4.79 Å². The number of aromatic amines is 1. The van der Waals surface area contributed by atoms with Gasteiger partial charge in [-0.3, -0.25) is 9.89 Å². The van der Waals surface area contributed by atoms with Crippen LogP contribution in [0, 0.1) is 0 Å². The van der Waals surface area contributed by atoms with Crippen molar-refractivity contribution in [2.24, 2.45) is 0 Å². The Bertz CT molecular complexity index is 820. The maximum absolute atomic E-state index is 12.3. The molecule has 5 heteroatoms. The van der Waals surface area contributed by atoms with Crippen molar-refractivity contribution >= 4 is 17.4 Å². The van der Waals surface area contributed by atoms with Gasteiger partial charge < -0.3 is 0 Å². The SMILES string of the molecule is O=c1c2c(nc3cc(-c4ccccc4)[nH]n13)CSC2. The van der Waals surface area contributed by atoms with Crippen molar-refractivity contribution in [2.75, 3.05) is 0 Å². The van der Waals surface area contributed by atoms with E-state index < -0.39 is 0 Å². The minimum Gasteiger partial charge on any atom is -0.289 e. The van der Waals surface area contributed by atoms with Crippen molar-refractivity contribution in [2.45, 2.75) is 11.5 Å². The molecule has 94 valence electrons. The molecule has 1 aliphatic heterocycles. The highest BCUT2D eigenvalue weighted by atomic mass is 32.2. The molecule has 4 nitrogen and oxygen atoms in total. The summed E-state index contributed by atoms with van der Waals surface area (Å²) < 4.78 is 1.55. The van der Waals surface area contributed by atoms with Crippen LogP contribution >= 0.6 is 11.8 Å². The molecule has 3 aromatic rings. The van der Waals surface area contributed by atoms with Gasteiger partial charge >= 0.3 is 0 Å².